The number of rotatable bonds is 4. The van der Waals surface area contributed by atoms with Crippen LogP contribution in [0.4, 0.5) is 14.9 Å². The second kappa shape index (κ2) is 6.21. The van der Waals surface area contributed by atoms with E-state index in [1.54, 1.807) is 6.92 Å². The van der Waals surface area contributed by atoms with Crippen molar-refractivity contribution in [2.24, 2.45) is 0 Å². The topological polar surface area (TPSA) is 69.6 Å². The SMILES string of the molecule is CCN(C(=O)Nc1cc(F)ccc1Br)C(C)(C)C(=O)O. The van der Waals surface area contributed by atoms with Crippen LogP contribution in [0, 0.1) is 5.82 Å². The van der Waals surface area contributed by atoms with E-state index in [1.807, 2.05) is 0 Å². The van der Waals surface area contributed by atoms with Crippen molar-refractivity contribution in [3.05, 3.63) is 28.5 Å². The van der Waals surface area contributed by atoms with Crippen molar-refractivity contribution < 1.29 is 19.1 Å². The molecule has 1 rings (SSSR count). The minimum absolute atomic E-state index is 0.206. The van der Waals surface area contributed by atoms with Gasteiger partial charge in [0.15, 0.2) is 0 Å². The molecule has 2 amide bonds. The molecule has 0 aliphatic heterocycles. The Balaban J connectivity index is 2.99. The summed E-state index contributed by atoms with van der Waals surface area (Å²) in [6.45, 7) is 4.74. The molecule has 0 aliphatic rings. The van der Waals surface area contributed by atoms with E-state index in [0.717, 1.165) is 11.0 Å². The van der Waals surface area contributed by atoms with E-state index in [-0.39, 0.29) is 12.2 Å². The first-order valence-electron chi connectivity index (χ1n) is 5.97. The van der Waals surface area contributed by atoms with Gasteiger partial charge in [-0.25, -0.2) is 14.0 Å². The van der Waals surface area contributed by atoms with E-state index in [4.69, 9.17) is 5.11 Å². The fourth-order valence-corrected chi connectivity index (χ4v) is 2.03. The van der Waals surface area contributed by atoms with Crippen LogP contribution in [0.15, 0.2) is 22.7 Å². The zero-order valence-electron chi connectivity index (χ0n) is 11.4. The summed E-state index contributed by atoms with van der Waals surface area (Å²) in [5.74, 6) is -1.61. The molecule has 110 valence electrons. The Hall–Kier alpha value is -1.63. The Morgan fingerprint density at radius 2 is 2.05 bits per heavy atom. The molecule has 0 radical (unpaired) electrons. The van der Waals surface area contributed by atoms with Crippen LogP contribution in [-0.2, 0) is 4.79 Å². The maximum atomic E-state index is 13.2. The maximum Gasteiger partial charge on any atom is 0.329 e. The second-order valence-corrected chi connectivity index (χ2v) is 5.52. The van der Waals surface area contributed by atoms with Crippen LogP contribution in [0.5, 0.6) is 0 Å². The van der Waals surface area contributed by atoms with Crippen molar-refractivity contribution in [1.29, 1.82) is 0 Å². The molecule has 1 aromatic carbocycles. The van der Waals surface area contributed by atoms with Gasteiger partial charge in [0.25, 0.3) is 0 Å². The van der Waals surface area contributed by atoms with Crippen molar-refractivity contribution in [3.8, 4) is 0 Å². The van der Waals surface area contributed by atoms with E-state index in [2.05, 4.69) is 21.2 Å². The van der Waals surface area contributed by atoms with Gasteiger partial charge >= 0.3 is 12.0 Å². The van der Waals surface area contributed by atoms with Gasteiger partial charge in [0.1, 0.15) is 11.4 Å². The Kier molecular flexibility index (Phi) is 5.10. The molecule has 0 fully saturated rings. The summed E-state index contributed by atoms with van der Waals surface area (Å²) >= 11 is 3.19. The van der Waals surface area contributed by atoms with E-state index >= 15 is 0 Å². The van der Waals surface area contributed by atoms with Gasteiger partial charge in [-0.05, 0) is 54.9 Å². The van der Waals surface area contributed by atoms with Gasteiger partial charge < -0.3 is 15.3 Å². The van der Waals surface area contributed by atoms with Crippen molar-refractivity contribution in [2.75, 3.05) is 11.9 Å². The lowest BCUT2D eigenvalue weighted by atomic mass is 10.0. The van der Waals surface area contributed by atoms with Crippen LogP contribution in [0.3, 0.4) is 0 Å². The standard InChI is InChI=1S/C13H16BrFN2O3/c1-4-17(13(2,3)11(18)19)12(20)16-10-7-8(15)5-6-9(10)14/h5-7H,4H2,1-3H3,(H,16,20)(H,18,19). The third-order valence-electron chi connectivity index (χ3n) is 2.93. The number of carboxylic acid groups (broad SMARTS) is 1. The predicted octanol–water partition coefficient (Wildman–Crippen LogP) is 3.31. The molecular weight excluding hydrogens is 331 g/mol. The number of nitrogens with zero attached hydrogens (tertiary/aromatic N) is 1. The van der Waals surface area contributed by atoms with Gasteiger partial charge in [-0.1, -0.05) is 0 Å². The molecule has 0 spiro atoms. The Morgan fingerprint density at radius 1 is 1.45 bits per heavy atom. The van der Waals surface area contributed by atoms with Crippen LogP contribution in [-0.4, -0.2) is 34.1 Å². The molecule has 0 atom stereocenters. The van der Waals surface area contributed by atoms with Crippen LogP contribution in [0.2, 0.25) is 0 Å². The number of carbonyl (C=O) groups is 2. The molecular formula is C13H16BrFN2O3. The third-order valence-corrected chi connectivity index (χ3v) is 3.62. The number of urea groups is 1. The fraction of sp³-hybridized carbons (Fsp3) is 0.385. The number of hydrogen-bond acceptors (Lipinski definition) is 2. The quantitative estimate of drug-likeness (QED) is 0.878. The number of nitrogens with one attached hydrogen (secondary N) is 1. The molecule has 1 aromatic rings. The lowest BCUT2D eigenvalue weighted by Gasteiger charge is -2.34. The van der Waals surface area contributed by atoms with E-state index in [9.17, 15) is 14.0 Å². The molecule has 0 saturated heterocycles. The summed E-state index contributed by atoms with van der Waals surface area (Å²) in [5.41, 5.74) is -1.12. The maximum absolute atomic E-state index is 13.2. The van der Waals surface area contributed by atoms with Gasteiger partial charge in [0.05, 0.1) is 5.69 Å². The molecule has 5 nitrogen and oxygen atoms in total. The van der Waals surface area contributed by atoms with Crippen LogP contribution >= 0.6 is 15.9 Å². The predicted molar refractivity (Wildman–Crippen MR) is 77.2 cm³/mol. The zero-order valence-corrected chi connectivity index (χ0v) is 13.0. The Bertz CT molecular complexity index is 534. The summed E-state index contributed by atoms with van der Waals surface area (Å²) < 4.78 is 13.7. The molecule has 2 N–H and O–H groups in total. The highest BCUT2D eigenvalue weighted by Crippen LogP contribution is 2.24. The van der Waals surface area contributed by atoms with Gasteiger partial charge in [-0.2, -0.15) is 0 Å². The average Bonchev–Trinajstić information content (AvgIpc) is 2.34. The average molecular weight is 347 g/mol. The minimum Gasteiger partial charge on any atom is -0.480 e. The van der Waals surface area contributed by atoms with Gasteiger partial charge in [0, 0.05) is 11.0 Å². The number of amides is 2. The summed E-state index contributed by atoms with van der Waals surface area (Å²) in [5, 5.41) is 11.7. The van der Waals surface area contributed by atoms with Gasteiger partial charge in [-0.15, -0.1) is 0 Å². The molecule has 0 aromatic heterocycles. The normalized spacial score (nSPS) is 11.1. The molecule has 7 heteroatoms. The first-order chi connectivity index (χ1) is 9.20. The van der Waals surface area contributed by atoms with Crippen LogP contribution in [0.1, 0.15) is 20.8 Å². The van der Waals surface area contributed by atoms with Crippen molar-refractivity contribution in [2.45, 2.75) is 26.3 Å². The smallest absolute Gasteiger partial charge is 0.329 e. The van der Waals surface area contributed by atoms with Gasteiger partial charge in [0.2, 0.25) is 0 Å². The molecule has 0 aliphatic carbocycles. The first kappa shape index (κ1) is 16.4. The number of benzene rings is 1. The molecule has 20 heavy (non-hydrogen) atoms. The number of carboxylic acids is 1. The largest absolute Gasteiger partial charge is 0.480 e. The Morgan fingerprint density at radius 3 is 2.55 bits per heavy atom. The van der Waals surface area contributed by atoms with Crippen LogP contribution < -0.4 is 5.32 Å². The highest BCUT2D eigenvalue weighted by atomic mass is 79.9. The van der Waals surface area contributed by atoms with Gasteiger partial charge in [-0.3, -0.25) is 0 Å². The monoisotopic (exact) mass is 346 g/mol. The molecule has 0 heterocycles. The zero-order chi connectivity index (χ0) is 15.5. The van der Waals surface area contributed by atoms with E-state index in [1.165, 1.54) is 26.0 Å². The first-order valence-corrected chi connectivity index (χ1v) is 6.76. The third kappa shape index (κ3) is 3.47. The second-order valence-electron chi connectivity index (χ2n) is 4.66. The molecule has 0 bridgehead atoms. The number of likely N-dealkylation sites (N-methyl/N-ethyl adjacent to an activating group) is 1. The van der Waals surface area contributed by atoms with E-state index in [0.29, 0.717) is 4.47 Å². The lowest BCUT2D eigenvalue weighted by Crippen LogP contribution is -2.54. The fourth-order valence-electron chi connectivity index (χ4n) is 1.68. The number of carbonyl (C=O) groups excluding carboxylic acids is 1. The number of anilines is 1. The van der Waals surface area contributed by atoms with E-state index < -0.39 is 23.4 Å². The molecule has 0 saturated carbocycles. The number of hydrogen-bond donors (Lipinski definition) is 2. The Labute approximate surface area is 124 Å². The minimum atomic E-state index is -1.36. The highest BCUT2D eigenvalue weighted by Gasteiger charge is 2.37. The number of aliphatic carboxylic acids is 1. The summed E-state index contributed by atoms with van der Waals surface area (Å²) in [6, 6.07) is 3.26. The van der Waals surface area contributed by atoms with Crippen molar-refractivity contribution >= 4 is 33.6 Å². The highest BCUT2D eigenvalue weighted by molar-refractivity contribution is 9.10. The number of halogens is 2. The van der Waals surface area contributed by atoms with Crippen molar-refractivity contribution in [1.82, 2.24) is 4.90 Å². The molecule has 0 unspecified atom stereocenters. The summed E-state index contributed by atoms with van der Waals surface area (Å²) in [6.07, 6.45) is 0. The summed E-state index contributed by atoms with van der Waals surface area (Å²) in [7, 11) is 0. The van der Waals surface area contributed by atoms with Crippen LogP contribution in [0.25, 0.3) is 0 Å². The van der Waals surface area contributed by atoms with Crippen molar-refractivity contribution in [3.63, 3.8) is 0 Å². The summed E-state index contributed by atoms with van der Waals surface area (Å²) in [4.78, 5) is 24.5. The lowest BCUT2D eigenvalue weighted by molar-refractivity contribution is -0.147.